The standard InChI is InChI=1S/C20H24N4O2/c25-20(17-6-7-19(21-16-17)23-12-14-26-15-13-23)24-10-8-22(9-11-24)18-4-2-1-3-5-18/h1-7,16H,8-15H2. The molecule has 1 aromatic heterocycles. The summed E-state index contributed by atoms with van der Waals surface area (Å²) in [4.78, 5) is 23.7. The molecule has 136 valence electrons. The Morgan fingerprint density at radius 1 is 0.846 bits per heavy atom. The minimum absolute atomic E-state index is 0.0683. The van der Waals surface area contributed by atoms with Gasteiger partial charge in [-0.2, -0.15) is 0 Å². The van der Waals surface area contributed by atoms with Gasteiger partial charge in [0.25, 0.3) is 5.91 Å². The molecule has 2 aromatic rings. The van der Waals surface area contributed by atoms with Crippen molar-refractivity contribution in [3.63, 3.8) is 0 Å². The van der Waals surface area contributed by atoms with Crippen LogP contribution in [0.1, 0.15) is 10.4 Å². The average molecular weight is 352 g/mol. The van der Waals surface area contributed by atoms with Gasteiger partial charge in [-0.3, -0.25) is 4.79 Å². The van der Waals surface area contributed by atoms with Gasteiger partial charge in [-0.25, -0.2) is 4.98 Å². The van der Waals surface area contributed by atoms with Crippen LogP contribution in [0.25, 0.3) is 0 Å². The van der Waals surface area contributed by atoms with Crippen molar-refractivity contribution in [1.82, 2.24) is 9.88 Å². The molecule has 0 unspecified atom stereocenters. The van der Waals surface area contributed by atoms with Crippen molar-refractivity contribution in [2.45, 2.75) is 0 Å². The fourth-order valence-corrected chi connectivity index (χ4v) is 3.48. The fraction of sp³-hybridized carbons (Fsp3) is 0.400. The second-order valence-electron chi connectivity index (χ2n) is 6.62. The van der Waals surface area contributed by atoms with E-state index in [9.17, 15) is 4.79 Å². The number of para-hydroxylation sites is 1. The van der Waals surface area contributed by atoms with E-state index in [1.807, 2.05) is 23.1 Å². The van der Waals surface area contributed by atoms with Gasteiger partial charge in [0.15, 0.2) is 0 Å². The number of rotatable bonds is 3. The lowest BCUT2D eigenvalue weighted by molar-refractivity contribution is 0.0746. The minimum Gasteiger partial charge on any atom is -0.378 e. The van der Waals surface area contributed by atoms with Crippen molar-refractivity contribution in [2.24, 2.45) is 0 Å². The van der Waals surface area contributed by atoms with E-state index in [0.717, 1.165) is 58.3 Å². The molecule has 2 aliphatic rings. The Kier molecular flexibility index (Phi) is 5.02. The maximum atomic E-state index is 12.8. The number of carbonyl (C=O) groups is 1. The van der Waals surface area contributed by atoms with Crippen molar-refractivity contribution in [1.29, 1.82) is 0 Å². The third-order valence-corrected chi connectivity index (χ3v) is 5.02. The SMILES string of the molecule is O=C(c1ccc(N2CCOCC2)nc1)N1CCN(c2ccccc2)CC1. The summed E-state index contributed by atoms with van der Waals surface area (Å²) in [5.74, 6) is 0.984. The molecule has 0 bridgehead atoms. The number of carbonyl (C=O) groups excluding carboxylic acids is 1. The van der Waals surface area contributed by atoms with E-state index < -0.39 is 0 Å². The van der Waals surface area contributed by atoms with Crippen LogP contribution in [-0.4, -0.2) is 68.3 Å². The summed E-state index contributed by atoms with van der Waals surface area (Å²) in [6, 6.07) is 14.2. The Morgan fingerprint density at radius 2 is 1.58 bits per heavy atom. The van der Waals surface area contributed by atoms with Crippen LogP contribution in [0.4, 0.5) is 11.5 Å². The van der Waals surface area contributed by atoms with Crippen molar-refractivity contribution in [3.8, 4) is 0 Å². The highest BCUT2D eigenvalue weighted by molar-refractivity contribution is 5.94. The summed E-state index contributed by atoms with van der Waals surface area (Å²) in [6.45, 7) is 6.34. The molecule has 2 fully saturated rings. The van der Waals surface area contributed by atoms with E-state index in [2.05, 4.69) is 39.0 Å². The number of piperazine rings is 1. The van der Waals surface area contributed by atoms with E-state index in [1.165, 1.54) is 5.69 Å². The topological polar surface area (TPSA) is 48.9 Å². The van der Waals surface area contributed by atoms with Crippen LogP contribution in [0, 0.1) is 0 Å². The van der Waals surface area contributed by atoms with E-state index in [4.69, 9.17) is 4.74 Å². The Hall–Kier alpha value is -2.60. The molecule has 2 aliphatic heterocycles. The molecule has 4 rings (SSSR count). The average Bonchev–Trinajstić information content (AvgIpc) is 2.75. The van der Waals surface area contributed by atoms with Gasteiger partial charge >= 0.3 is 0 Å². The summed E-state index contributed by atoms with van der Waals surface area (Å²) >= 11 is 0. The molecule has 3 heterocycles. The lowest BCUT2D eigenvalue weighted by Gasteiger charge is -2.36. The number of amides is 1. The van der Waals surface area contributed by atoms with E-state index in [1.54, 1.807) is 6.20 Å². The summed E-state index contributed by atoms with van der Waals surface area (Å²) in [6.07, 6.45) is 1.71. The summed E-state index contributed by atoms with van der Waals surface area (Å²) in [5.41, 5.74) is 1.88. The Morgan fingerprint density at radius 3 is 2.23 bits per heavy atom. The molecule has 1 aromatic carbocycles. The van der Waals surface area contributed by atoms with Crippen molar-refractivity contribution < 1.29 is 9.53 Å². The molecule has 0 atom stereocenters. The lowest BCUT2D eigenvalue weighted by atomic mass is 10.2. The van der Waals surface area contributed by atoms with Gasteiger partial charge in [-0.05, 0) is 24.3 Å². The normalized spacial score (nSPS) is 18.1. The number of aromatic nitrogens is 1. The minimum atomic E-state index is 0.0683. The predicted octanol–water partition coefficient (Wildman–Crippen LogP) is 1.88. The number of nitrogens with zero attached hydrogens (tertiary/aromatic N) is 4. The Bertz CT molecular complexity index is 721. The van der Waals surface area contributed by atoms with Crippen molar-refractivity contribution >= 4 is 17.4 Å². The fourth-order valence-electron chi connectivity index (χ4n) is 3.48. The van der Waals surface area contributed by atoms with Crippen LogP contribution >= 0.6 is 0 Å². The molecule has 0 N–H and O–H groups in total. The van der Waals surface area contributed by atoms with Crippen LogP contribution in [0.2, 0.25) is 0 Å². The molecular formula is C20H24N4O2. The number of benzene rings is 1. The number of anilines is 2. The van der Waals surface area contributed by atoms with Crippen LogP contribution in [0.3, 0.4) is 0 Å². The molecular weight excluding hydrogens is 328 g/mol. The van der Waals surface area contributed by atoms with Gasteiger partial charge in [-0.15, -0.1) is 0 Å². The molecule has 0 aliphatic carbocycles. The van der Waals surface area contributed by atoms with Gasteiger partial charge in [0.2, 0.25) is 0 Å². The maximum Gasteiger partial charge on any atom is 0.255 e. The Labute approximate surface area is 154 Å². The molecule has 0 radical (unpaired) electrons. The molecule has 0 spiro atoms. The van der Waals surface area contributed by atoms with E-state index in [0.29, 0.717) is 5.56 Å². The maximum absolute atomic E-state index is 12.8. The zero-order valence-electron chi connectivity index (χ0n) is 14.9. The van der Waals surface area contributed by atoms with E-state index in [-0.39, 0.29) is 5.91 Å². The third kappa shape index (κ3) is 3.65. The molecule has 1 amide bonds. The first-order chi connectivity index (χ1) is 12.8. The third-order valence-electron chi connectivity index (χ3n) is 5.02. The van der Waals surface area contributed by atoms with Crippen molar-refractivity contribution in [2.75, 3.05) is 62.3 Å². The number of hydrogen-bond acceptors (Lipinski definition) is 5. The first kappa shape index (κ1) is 16.8. The van der Waals surface area contributed by atoms with E-state index >= 15 is 0 Å². The molecule has 6 heteroatoms. The van der Waals surface area contributed by atoms with Crippen LogP contribution < -0.4 is 9.80 Å². The summed E-state index contributed by atoms with van der Waals surface area (Å²) < 4.78 is 5.37. The number of ether oxygens (including phenoxy) is 1. The monoisotopic (exact) mass is 352 g/mol. The van der Waals surface area contributed by atoms with Crippen LogP contribution in [0.5, 0.6) is 0 Å². The highest BCUT2D eigenvalue weighted by Crippen LogP contribution is 2.18. The van der Waals surface area contributed by atoms with Gasteiger partial charge in [0.05, 0.1) is 18.8 Å². The van der Waals surface area contributed by atoms with Gasteiger partial charge in [0.1, 0.15) is 5.82 Å². The molecule has 26 heavy (non-hydrogen) atoms. The largest absolute Gasteiger partial charge is 0.378 e. The first-order valence-corrected chi connectivity index (χ1v) is 9.19. The smallest absolute Gasteiger partial charge is 0.255 e. The van der Waals surface area contributed by atoms with Gasteiger partial charge in [-0.1, -0.05) is 18.2 Å². The van der Waals surface area contributed by atoms with Gasteiger partial charge < -0.3 is 19.4 Å². The first-order valence-electron chi connectivity index (χ1n) is 9.19. The van der Waals surface area contributed by atoms with Crippen LogP contribution in [-0.2, 0) is 4.74 Å². The predicted molar refractivity (Wildman–Crippen MR) is 102 cm³/mol. The molecule has 0 saturated carbocycles. The zero-order valence-corrected chi connectivity index (χ0v) is 14.9. The number of hydrogen-bond donors (Lipinski definition) is 0. The molecule has 6 nitrogen and oxygen atoms in total. The number of pyridine rings is 1. The highest BCUT2D eigenvalue weighted by Gasteiger charge is 2.23. The van der Waals surface area contributed by atoms with Crippen molar-refractivity contribution in [3.05, 3.63) is 54.2 Å². The summed E-state index contributed by atoms with van der Waals surface area (Å²) in [5, 5.41) is 0. The second kappa shape index (κ2) is 7.74. The number of morpholine rings is 1. The molecule has 2 saturated heterocycles. The quantitative estimate of drug-likeness (QED) is 0.844. The Balaban J connectivity index is 1.36. The van der Waals surface area contributed by atoms with Gasteiger partial charge in [0, 0.05) is 51.2 Å². The van der Waals surface area contributed by atoms with Crippen LogP contribution in [0.15, 0.2) is 48.7 Å². The lowest BCUT2D eigenvalue weighted by Crippen LogP contribution is -2.48. The zero-order chi connectivity index (χ0) is 17.8. The highest BCUT2D eigenvalue weighted by atomic mass is 16.5. The summed E-state index contributed by atoms with van der Waals surface area (Å²) in [7, 11) is 0. The second-order valence-corrected chi connectivity index (χ2v) is 6.62.